The lowest BCUT2D eigenvalue weighted by molar-refractivity contribution is 1.04. The van der Waals surface area contributed by atoms with Gasteiger partial charge in [-0.25, -0.2) is 4.99 Å². The second kappa shape index (κ2) is 6.75. The van der Waals surface area contributed by atoms with Gasteiger partial charge in [-0.3, -0.25) is 0 Å². The maximum atomic E-state index is 5.91. The molecule has 0 unspecified atom stereocenters. The highest BCUT2D eigenvalue weighted by Gasteiger charge is 1.98. The van der Waals surface area contributed by atoms with Gasteiger partial charge < -0.3 is 11.1 Å². The van der Waals surface area contributed by atoms with Crippen molar-refractivity contribution in [2.24, 2.45) is 10.7 Å². The number of hydrogen-bond acceptors (Lipinski definition) is 1. The third-order valence-electron chi connectivity index (χ3n) is 3.32. The smallest absolute Gasteiger partial charge is 0.193 e. The minimum Gasteiger partial charge on any atom is -0.370 e. The van der Waals surface area contributed by atoms with Crippen molar-refractivity contribution in [3.63, 3.8) is 0 Å². The summed E-state index contributed by atoms with van der Waals surface area (Å²) in [5, 5.41) is 3.11. The molecule has 0 saturated heterocycles. The Morgan fingerprint density at radius 2 is 1.80 bits per heavy atom. The zero-order valence-electron chi connectivity index (χ0n) is 12.1. The number of nitrogens with two attached hydrogens (primary N) is 1. The summed E-state index contributed by atoms with van der Waals surface area (Å²) in [6, 6.07) is 16.4. The van der Waals surface area contributed by atoms with Crippen molar-refractivity contribution in [3.05, 3.63) is 65.2 Å². The van der Waals surface area contributed by atoms with E-state index in [1.807, 2.05) is 24.3 Å². The fourth-order valence-electron chi connectivity index (χ4n) is 1.97. The van der Waals surface area contributed by atoms with E-state index in [9.17, 15) is 0 Å². The second-order valence-corrected chi connectivity index (χ2v) is 4.80. The molecule has 0 amide bonds. The predicted octanol–water partition coefficient (Wildman–Crippen LogP) is 3.48. The van der Waals surface area contributed by atoms with Crippen LogP contribution in [0.25, 0.3) is 0 Å². The third kappa shape index (κ3) is 3.85. The Balaban J connectivity index is 1.98. The zero-order valence-corrected chi connectivity index (χ0v) is 12.1. The Morgan fingerprint density at radius 1 is 1.10 bits per heavy atom. The molecule has 0 heterocycles. The average Bonchev–Trinajstić information content (AvgIpc) is 2.47. The van der Waals surface area contributed by atoms with Gasteiger partial charge in [-0.1, -0.05) is 43.3 Å². The fourth-order valence-corrected chi connectivity index (χ4v) is 1.97. The van der Waals surface area contributed by atoms with E-state index >= 15 is 0 Å². The van der Waals surface area contributed by atoms with Gasteiger partial charge in [0.1, 0.15) is 0 Å². The highest BCUT2D eigenvalue weighted by molar-refractivity contribution is 5.92. The molecule has 0 bridgehead atoms. The van der Waals surface area contributed by atoms with E-state index in [1.54, 1.807) is 0 Å². The fraction of sp³-hybridized carbons (Fsp3) is 0.235. The summed E-state index contributed by atoms with van der Waals surface area (Å²) in [6.07, 6.45) is 1.04. The number of aliphatic imine (C=N–C) groups is 1. The number of benzene rings is 2. The van der Waals surface area contributed by atoms with E-state index in [2.05, 4.69) is 48.4 Å². The summed E-state index contributed by atoms with van der Waals surface area (Å²) in [7, 11) is 0. The Morgan fingerprint density at radius 3 is 2.45 bits per heavy atom. The first kappa shape index (κ1) is 14.1. The Kier molecular flexibility index (Phi) is 4.77. The summed E-state index contributed by atoms with van der Waals surface area (Å²) >= 11 is 0. The van der Waals surface area contributed by atoms with Crippen LogP contribution in [0.2, 0.25) is 0 Å². The first-order valence-electron chi connectivity index (χ1n) is 6.89. The van der Waals surface area contributed by atoms with Crippen LogP contribution >= 0.6 is 0 Å². The van der Waals surface area contributed by atoms with E-state index in [0.29, 0.717) is 12.5 Å². The molecule has 0 aromatic heterocycles. The Hall–Kier alpha value is -2.29. The van der Waals surface area contributed by atoms with Crippen molar-refractivity contribution in [2.75, 3.05) is 5.32 Å². The summed E-state index contributed by atoms with van der Waals surface area (Å²) in [6.45, 7) is 4.82. The normalized spacial score (nSPS) is 11.4. The van der Waals surface area contributed by atoms with Crippen LogP contribution in [-0.4, -0.2) is 5.96 Å². The predicted molar refractivity (Wildman–Crippen MR) is 85.9 cm³/mol. The van der Waals surface area contributed by atoms with E-state index < -0.39 is 0 Å². The first-order valence-corrected chi connectivity index (χ1v) is 6.89. The van der Waals surface area contributed by atoms with Crippen LogP contribution in [0.5, 0.6) is 0 Å². The van der Waals surface area contributed by atoms with Gasteiger partial charge in [0.05, 0.1) is 6.54 Å². The van der Waals surface area contributed by atoms with Crippen LogP contribution in [0, 0.1) is 6.92 Å². The molecule has 20 heavy (non-hydrogen) atoms. The molecule has 0 atom stereocenters. The highest BCUT2D eigenvalue weighted by Crippen LogP contribution is 2.10. The maximum absolute atomic E-state index is 5.91. The number of aryl methyl sites for hydroxylation is 2. The van der Waals surface area contributed by atoms with Crippen LogP contribution in [0.3, 0.4) is 0 Å². The van der Waals surface area contributed by atoms with Gasteiger partial charge in [0.25, 0.3) is 0 Å². The zero-order chi connectivity index (χ0) is 14.4. The molecular weight excluding hydrogens is 246 g/mol. The monoisotopic (exact) mass is 267 g/mol. The van der Waals surface area contributed by atoms with Crippen molar-refractivity contribution >= 4 is 11.6 Å². The standard InChI is InChI=1S/C17H21N3/c1-3-14-8-10-16(11-9-14)20-17(18)19-12-15-7-5-4-6-13(15)2/h4-11H,3,12H2,1-2H3,(H3,18,19,20). The van der Waals surface area contributed by atoms with Gasteiger partial charge in [-0.05, 0) is 42.2 Å². The number of guanidine groups is 1. The number of anilines is 1. The van der Waals surface area contributed by atoms with Gasteiger partial charge in [-0.15, -0.1) is 0 Å². The molecule has 0 radical (unpaired) electrons. The molecule has 0 aliphatic heterocycles. The van der Waals surface area contributed by atoms with Crippen LogP contribution in [-0.2, 0) is 13.0 Å². The number of hydrogen-bond donors (Lipinski definition) is 2. The topological polar surface area (TPSA) is 50.4 Å². The molecule has 3 nitrogen and oxygen atoms in total. The van der Waals surface area contributed by atoms with Crippen LogP contribution in [0.15, 0.2) is 53.5 Å². The first-order chi connectivity index (χ1) is 9.69. The SMILES string of the molecule is CCc1ccc(NC(N)=NCc2ccccc2C)cc1. The van der Waals surface area contributed by atoms with Crippen LogP contribution in [0.4, 0.5) is 5.69 Å². The second-order valence-electron chi connectivity index (χ2n) is 4.80. The summed E-state index contributed by atoms with van der Waals surface area (Å²) in [5.41, 5.74) is 10.6. The third-order valence-corrected chi connectivity index (χ3v) is 3.32. The van der Waals surface area contributed by atoms with Crippen molar-refractivity contribution in [2.45, 2.75) is 26.8 Å². The summed E-state index contributed by atoms with van der Waals surface area (Å²) in [4.78, 5) is 4.38. The molecule has 0 aliphatic rings. The molecule has 2 rings (SSSR count). The maximum Gasteiger partial charge on any atom is 0.193 e. The lowest BCUT2D eigenvalue weighted by Crippen LogP contribution is -2.22. The average molecular weight is 267 g/mol. The molecule has 2 aromatic rings. The van der Waals surface area contributed by atoms with Gasteiger partial charge >= 0.3 is 0 Å². The molecule has 104 valence electrons. The molecule has 0 saturated carbocycles. The molecule has 0 fully saturated rings. The van der Waals surface area contributed by atoms with E-state index in [4.69, 9.17) is 5.73 Å². The van der Waals surface area contributed by atoms with Crippen molar-refractivity contribution < 1.29 is 0 Å². The minimum atomic E-state index is 0.442. The molecular formula is C17H21N3. The summed E-state index contributed by atoms with van der Waals surface area (Å²) < 4.78 is 0. The number of rotatable bonds is 4. The molecule has 0 aliphatic carbocycles. The van der Waals surface area contributed by atoms with Gasteiger partial charge in [0.2, 0.25) is 0 Å². The van der Waals surface area contributed by atoms with E-state index in [0.717, 1.165) is 12.1 Å². The molecule has 2 aromatic carbocycles. The molecule has 0 spiro atoms. The molecule has 3 heteroatoms. The van der Waals surface area contributed by atoms with Gasteiger partial charge in [-0.2, -0.15) is 0 Å². The summed E-state index contributed by atoms with van der Waals surface area (Å²) in [5.74, 6) is 0.442. The quantitative estimate of drug-likeness (QED) is 0.658. The molecule has 3 N–H and O–H groups in total. The van der Waals surface area contributed by atoms with Crippen LogP contribution < -0.4 is 11.1 Å². The number of nitrogens with zero attached hydrogens (tertiary/aromatic N) is 1. The Bertz CT molecular complexity index is 585. The lowest BCUT2D eigenvalue weighted by atomic mass is 10.1. The van der Waals surface area contributed by atoms with E-state index in [1.165, 1.54) is 16.7 Å². The van der Waals surface area contributed by atoms with E-state index in [-0.39, 0.29) is 0 Å². The Labute approximate surface area is 120 Å². The van der Waals surface area contributed by atoms with Gasteiger partial charge in [0.15, 0.2) is 5.96 Å². The van der Waals surface area contributed by atoms with Crippen molar-refractivity contribution in [1.82, 2.24) is 0 Å². The van der Waals surface area contributed by atoms with Crippen molar-refractivity contribution in [1.29, 1.82) is 0 Å². The highest BCUT2D eigenvalue weighted by atomic mass is 15.1. The lowest BCUT2D eigenvalue weighted by Gasteiger charge is -2.07. The number of nitrogens with one attached hydrogen (secondary N) is 1. The van der Waals surface area contributed by atoms with Crippen molar-refractivity contribution in [3.8, 4) is 0 Å². The largest absolute Gasteiger partial charge is 0.370 e. The van der Waals surface area contributed by atoms with Gasteiger partial charge in [0, 0.05) is 5.69 Å². The minimum absolute atomic E-state index is 0.442. The van der Waals surface area contributed by atoms with Crippen LogP contribution in [0.1, 0.15) is 23.6 Å².